The maximum absolute atomic E-state index is 13.4. The van der Waals surface area contributed by atoms with Crippen molar-refractivity contribution in [2.24, 2.45) is 0 Å². The van der Waals surface area contributed by atoms with Gasteiger partial charge in [0.25, 0.3) is 5.91 Å². The van der Waals surface area contributed by atoms with Crippen LogP contribution in [0, 0.1) is 0 Å². The number of hydrogen-bond donors (Lipinski definition) is 2. The fourth-order valence-corrected chi connectivity index (χ4v) is 4.16. The van der Waals surface area contributed by atoms with Gasteiger partial charge in [0.05, 0.1) is 6.10 Å². The summed E-state index contributed by atoms with van der Waals surface area (Å²) in [6, 6.07) is 8.62. The van der Waals surface area contributed by atoms with E-state index in [1.807, 2.05) is 0 Å². The van der Waals surface area contributed by atoms with Crippen LogP contribution in [0.3, 0.4) is 0 Å². The van der Waals surface area contributed by atoms with Crippen molar-refractivity contribution in [3.05, 3.63) is 59.7 Å². The van der Waals surface area contributed by atoms with Crippen LogP contribution < -0.4 is 10.1 Å². The third kappa shape index (κ3) is 6.86. The number of amides is 2. The molecule has 0 aliphatic carbocycles. The fourth-order valence-electron chi connectivity index (χ4n) is 4.16. The number of ether oxygens (including phenoxy) is 2. The van der Waals surface area contributed by atoms with Crippen molar-refractivity contribution in [2.45, 2.75) is 37.4 Å². The molecule has 196 valence electrons. The second-order valence-electron chi connectivity index (χ2n) is 8.05. The Bertz CT molecular complexity index is 1080. The quantitative estimate of drug-likeness (QED) is 0.577. The monoisotopic (exact) mass is 546 g/mol. The first-order chi connectivity index (χ1) is 16.1. The Morgan fingerprint density at radius 2 is 1.75 bits per heavy atom. The number of carbonyl (C=O) groups excluding carboxylic acids is 3. The number of ketones is 1. The maximum atomic E-state index is 13.4. The Kier molecular flexibility index (Phi) is 9.69. The summed E-state index contributed by atoms with van der Waals surface area (Å²) < 4.78 is 46.3. The van der Waals surface area contributed by atoms with Gasteiger partial charge in [0, 0.05) is 18.5 Å². The average Bonchev–Trinajstić information content (AvgIpc) is 3.36. The van der Waals surface area contributed by atoms with Gasteiger partial charge in [-0.25, -0.2) is 0 Å². The molecule has 2 aliphatic rings. The molecule has 2 heterocycles. The van der Waals surface area contributed by atoms with Crippen molar-refractivity contribution in [3.63, 3.8) is 0 Å². The van der Waals surface area contributed by atoms with E-state index >= 15 is 0 Å². The van der Waals surface area contributed by atoms with Crippen LogP contribution in [0.1, 0.15) is 22.3 Å². The highest BCUT2D eigenvalue weighted by molar-refractivity contribution is 7.59. The van der Waals surface area contributed by atoms with Crippen molar-refractivity contribution in [1.29, 1.82) is 0 Å². The van der Waals surface area contributed by atoms with E-state index in [4.69, 9.17) is 4.74 Å². The molecule has 2 fully saturated rings. The molecule has 13 heteroatoms. The predicted molar refractivity (Wildman–Crippen MR) is 132 cm³/mol. The molecule has 36 heavy (non-hydrogen) atoms. The van der Waals surface area contributed by atoms with Crippen molar-refractivity contribution >= 4 is 44.6 Å². The normalized spacial score (nSPS) is 19.5. The van der Waals surface area contributed by atoms with Gasteiger partial charge in [-0.2, -0.15) is 27.0 Å². The number of benzene rings is 2. The third-order valence-electron chi connectivity index (χ3n) is 5.72. The number of likely N-dealkylation sites (tertiary alicyclic amines) is 1. The molecule has 2 saturated heterocycles. The Morgan fingerprint density at radius 3 is 2.36 bits per heavy atom. The van der Waals surface area contributed by atoms with Crippen LogP contribution in [0.25, 0.3) is 0 Å². The van der Waals surface area contributed by atoms with Gasteiger partial charge in [-0.3, -0.25) is 14.4 Å². The molecule has 0 unspecified atom stereocenters. The number of nitrogens with one attached hydrogen (secondary N) is 1. The minimum atomic E-state index is -4.86. The lowest BCUT2D eigenvalue weighted by Crippen LogP contribution is -2.53. The topological polar surface area (TPSA) is 105 Å². The number of fused-ring (bicyclic) bond motifs is 1. The first-order valence-corrected chi connectivity index (χ1v) is 10.5. The van der Waals surface area contributed by atoms with E-state index in [2.05, 4.69) is 10.1 Å². The Morgan fingerprint density at radius 1 is 1.11 bits per heavy atom. The number of alkyl halides is 3. The van der Waals surface area contributed by atoms with E-state index in [1.54, 1.807) is 12.1 Å². The SMILES string of the molecule is O=C(N[C@@H](Cc1ccc(O)cc1)C(=O)N1CC[C@H]2OCC(=O)[C@H]21)c1ccc(OC(F)(F)F)cc1.S.S. The summed E-state index contributed by atoms with van der Waals surface area (Å²) in [6.45, 7) is 0.228. The maximum Gasteiger partial charge on any atom is 0.573 e. The summed E-state index contributed by atoms with van der Waals surface area (Å²) >= 11 is 0. The van der Waals surface area contributed by atoms with Crippen LogP contribution in [0.4, 0.5) is 13.2 Å². The minimum absolute atomic E-state index is 0. The van der Waals surface area contributed by atoms with Gasteiger partial charge in [0.15, 0.2) is 5.78 Å². The van der Waals surface area contributed by atoms with E-state index in [0.717, 1.165) is 24.3 Å². The third-order valence-corrected chi connectivity index (χ3v) is 5.72. The molecule has 0 spiro atoms. The predicted octanol–water partition coefficient (Wildman–Crippen LogP) is 2.43. The smallest absolute Gasteiger partial charge is 0.508 e. The van der Waals surface area contributed by atoms with Crippen molar-refractivity contribution in [1.82, 2.24) is 10.2 Å². The second-order valence-corrected chi connectivity index (χ2v) is 8.05. The molecule has 4 rings (SSSR count). The number of phenols is 1. The lowest BCUT2D eigenvalue weighted by molar-refractivity contribution is -0.274. The highest BCUT2D eigenvalue weighted by atomic mass is 32.1. The lowest BCUT2D eigenvalue weighted by atomic mass is 10.0. The molecule has 2 aliphatic heterocycles. The molecule has 2 amide bonds. The molecule has 0 bridgehead atoms. The number of aromatic hydroxyl groups is 1. The van der Waals surface area contributed by atoms with Crippen LogP contribution in [-0.4, -0.2) is 65.3 Å². The first-order valence-electron chi connectivity index (χ1n) is 10.5. The zero-order valence-electron chi connectivity index (χ0n) is 18.7. The van der Waals surface area contributed by atoms with E-state index in [-0.39, 0.29) is 63.2 Å². The molecular weight excluding hydrogens is 521 g/mol. The van der Waals surface area contributed by atoms with Crippen LogP contribution >= 0.6 is 27.0 Å². The lowest BCUT2D eigenvalue weighted by Gasteiger charge is -2.27. The highest BCUT2D eigenvalue weighted by Crippen LogP contribution is 2.28. The zero-order chi connectivity index (χ0) is 24.5. The minimum Gasteiger partial charge on any atom is -0.508 e. The summed E-state index contributed by atoms with van der Waals surface area (Å²) in [4.78, 5) is 39.9. The molecule has 2 N–H and O–H groups in total. The number of rotatable bonds is 6. The van der Waals surface area contributed by atoms with E-state index in [0.29, 0.717) is 18.5 Å². The largest absolute Gasteiger partial charge is 0.573 e. The van der Waals surface area contributed by atoms with Gasteiger partial charge < -0.3 is 24.8 Å². The van der Waals surface area contributed by atoms with Crippen LogP contribution in [0.5, 0.6) is 11.5 Å². The summed E-state index contributed by atoms with van der Waals surface area (Å²) in [5, 5.41) is 12.1. The van der Waals surface area contributed by atoms with E-state index in [1.165, 1.54) is 17.0 Å². The van der Waals surface area contributed by atoms with Crippen molar-refractivity contribution in [3.8, 4) is 11.5 Å². The van der Waals surface area contributed by atoms with Crippen LogP contribution in [0.15, 0.2) is 48.5 Å². The first kappa shape index (κ1) is 29.3. The summed E-state index contributed by atoms with van der Waals surface area (Å²) in [7, 11) is 0. The second kappa shape index (κ2) is 11.9. The van der Waals surface area contributed by atoms with Crippen molar-refractivity contribution < 1.29 is 42.1 Å². The summed E-state index contributed by atoms with van der Waals surface area (Å²) in [5.74, 6) is -1.80. The molecule has 2 aromatic rings. The molecular formula is C23H25F3N2O6S2. The number of phenolic OH excluding ortho intramolecular Hbond substituents is 1. The van der Waals surface area contributed by atoms with Crippen molar-refractivity contribution in [2.75, 3.05) is 13.2 Å². The van der Waals surface area contributed by atoms with Gasteiger partial charge in [-0.1, -0.05) is 12.1 Å². The highest BCUT2D eigenvalue weighted by Gasteiger charge is 2.48. The zero-order valence-corrected chi connectivity index (χ0v) is 20.7. The molecule has 8 nitrogen and oxygen atoms in total. The molecule has 0 radical (unpaired) electrons. The van der Waals surface area contributed by atoms with Gasteiger partial charge in [-0.05, 0) is 48.4 Å². The van der Waals surface area contributed by atoms with E-state index in [9.17, 15) is 32.7 Å². The van der Waals surface area contributed by atoms with Gasteiger partial charge in [-0.15, -0.1) is 13.2 Å². The number of Topliss-reactive ketones (excluding diaryl/α,β-unsaturated/α-hetero) is 1. The number of halogens is 3. The summed E-state index contributed by atoms with van der Waals surface area (Å²) in [6.07, 6.45) is -4.66. The molecule has 3 atom stereocenters. The Labute approximate surface area is 218 Å². The van der Waals surface area contributed by atoms with E-state index < -0.39 is 36.0 Å². The Balaban J connectivity index is 0.00000228. The summed E-state index contributed by atoms with van der Waals surface area (Å²) in [5.41, 5.74) is 0.674. The van der Waals surface area contributed by atoms with Gasteiger partial charge >= 0.3 is 6.36 Å². The van der Waals surface area contributed by atoms with Gasteiger partial charge in [0.1, 0.15) is 30.2 Å². The standard InChI is InChI=1S/C23H21F3N2O6.2H2S/c24-23(25,26)34-16-7-3-14(4-8-16)21(31)27-17(11-13-1-5-15(29)6-2-13)22(32)28-10-9-19-20(28)18(30)12-33-19;;/h1-8,17,19-20,29H,9-12H2,(H,27,31);2*1H2/t17-,19+,20+;;/m0../s1. The fraction of sp³-hybridized carbons (Fsp3) is 0.348. The Hall–Kier alpha value is -2.90. The number of hydrogen-bond acceptors (Lipinski definition) is 6. The van der Waals surface area contributed by atoms with Gasteiger partial charge in [0.2, 0.25) is 5.91 Å². The molecule has 2 aromatic carbocycles. The number of carbonyl (C=O) groups is 3. The average molecular weight is 547 g/mol. The molecule has 0 saturated carbocycles. The number of nitrogens with zero attached hydrogens (tertiary/aromatic N) is 1. The van der Waals surface area contributed by atoms with Crippen LogP contribution in [0.2, 0.25) is 0 Å². The molecule has 0 aromatic heterocycles. The van der Waals surface area contributed by atoms with Crippen LogP contribution in [-0.2, 0) is 20.7 Å².